The molecule has 0 bridgehead atoms. The van der Waals surface area contributed by atoms with Crippen molar-refractivity contribution >= 4 is 42.2 Å². The van der Waals surface area contributed by atoms with Gasteiger partial charge in [-0.25, -0.2) is 0 Å². The van der Waals surface area contributed by atoms with Crippen LogP contribution in [0.1, 0.15) is 24.2 Å². The van der Waals surface area contributed by atoms with E-state index in [2.05, 4.69) is 0 Å². The van der Waals surface area contributed by atoms with Crippen LogP contribution in [0.15, 0.2) is 24.3 Å². The summed E-state index contributed by atoms with van der Waals surface area (Å²) in [4.78, 5) is 46.5. The van der Waals surface area contributed by atoms with Gasteiger partial charge in [-0.15, -0.1) is 0 Å². The van der Waals surface area contributed by atoms with Gasteiger partial charge in [0.05, 0.1) is 0 Å². The Kier molecular flexibility index (Phi) is 3.85. The molecule has 0 aromatic heterocycles. The monoisotopic (exact) mass is 424 g/mol. The van der Waals surface area contributed by atoms with Crippen molar-refractivity contribution < 1.29 is 33.5 Å². The molecule has 0 saturated heterocycles. The van der Waals surface area contributed by atoms with Crippen LogP contribution in [0, 0.1) is 3.57 Å². The van der Waals surface area contributed by atoms with E-state index >= 15 is 0 Å². The molecule has 1 aliphatic rings. The Balaban J connectivity index is 2.80. The molecule has 0 unspecified atom stereocenters. The maximum absolute atomic E-state index is 12.1. The van der Waals surface area contributed by atoms with Crippen molar-refractivity contribution in [3.05, 3.63) is 33.4 Å². The third kappa shape index (κ3) is 2.51. The van der Waals surface area contributed by atoms with Gasteiger partial charge in [0.2, 0.25) is 0 Å². The molecular weight excluding hydrogens is 411 g/mol. The first-order valence-electron chi connectivity index (χ1n) is 6.00. The first-order chi connectivity index (χ1) is 10.2. The fourth-order valence-corrected chi connectivity index (χ4v) is 11.1. The van der Waals surface area contributed by atoms with Crippen LogP contribution >= 0.6 is 18.3 Å². The molecule has 1 aromatic rings. The Morgan fingerprint density at radius 1 is 1.14 bits per heavy atom. The van der Waals surface area contributed by atoms with Crippen molar-refractivity contribution in [2.75, 3.05) is 4.43 Å². The fraction of sp³-hybridized carbons (Fsp3) is 0.231. The molecule has 120 valence electrons. The molecule has 22 heavy (non-hydrogen) atoms. The molecule has 0 amide bonds. The number of rotatable bonds is 4. The predicted octanol–water partition coefficient (Wildman–Crippen LogP) is 1.56. The number of carboxylic acids is 1. The Labute approximate surface area is 127 Å². The number of carbonyl (C=O) groups is 4. The maximum atomic E-state index is 12.1. The van der Waals surface area contributed by atoms with Crippen LogP contribution in [0.4, 0.5) is 0 Å². The molecule has 8 nitrogen and oxygen atoms in total. The zero-order valence-electron chi connectivity index (χ0n) is 11.7. The van der Waals surface area contributed by atoms with Crippen LogP contribution in [-0.4, -0.2) is 33.4 Å². The summed E-state index contributed by atoms with van der Waals surface area (Å²) in [7, 11) is 0. The molecule has 0 spiro atoms. The first-order valence-corrected chi connectivity index (χ1v) is 11.2. The zero-order chi connectivity index (χ0) is 16.6. The predicted molar refractivity (Wildman–Crippen MR) is 80.6 cm³/mol. The normalized spacial score (nSPS) is 19.0. The second-order valence-electron chi connectivity index (χ2n) is 4.39. The average Bonchev–Trinajstić information content (AvgIpc) is 2.57. The van der Waals surface area contributed by atoms with Gasteiger partial charge in [-0.2, -0.15) is 0 Å². The standard InChI is InChI=1S/C13H13IO8/c1-8(15)20-14(7-12(17)18,21-9(2)16)11-6-4-3-5-10(11)13(19)22-14/h3-6H,7H2,1-2H3,(H,17,18). The number of carboxylic acid groups (broad SMARTS) is 1. The van der Waals surface area contributed by atoms with Crippen LogP contribution in [-0.2, 0) is 23.6 Å². The molecular formula is C13H13IO8. The third-order valence-corrected chi connectivity index (χ3v) is 12.1. The molecule has 2 rings (SSSR count). The molecule has 0 saturated carbocycles. The minimum absolute atomic E-state index is 0.0281. The van der Waals surface area contributed by atoms with Gasteiger partial charge >= 0.3 is 127 Å². The number of benzene rings is 1. The molecule has 0 fully saturated rings. The van der Waals surface area contributed by atoms with Crippen molar-refractivity contribution in [2.24, 2.45) is 0 Å². The Hall–Kier alpha value is -2.17. The van der Waals surface area contributed by atoms with Crippen molar-refractivity contribution in [2.45, 2.75) is 13.8 Å². The van der Waals surface area contributed by atoms with E-state index in [-0.39, 0.29) is 9.13 Å². The molecule has 0 aliphatic carbocycles. The number of hydrogen-bond acceptors (Lipinski definition) is 7. The molecule has 9 heteroatoms. The van der Waals surface area contributed by atoms with E-state index in [4.69, 9.17) is 9.20 Å². The number of alkyl halides is 1. The molecule has 1 aromatic carbocycles. The van der Waals surface area contributed by atoms with E-state index in [1.165, 1.54) is 24.3 Å². The summed E-state index contributed by atoms with van der Waals surface area (Å²) in [6.45, 7) is 2.04. The number of halogens is 1. The Morgan fingerprint density at radius 2 is 1.68 bits per heavy atom. The second kappa shape index (κ2) is 5.23. The summed E-state index contributed by atoms with van der Waals surface area (Å²) in [6, 6.07) is 5.81. The Morgan fingerprint density at radius 3 is 2.18 bits per heavy atom. The van der Waals surface area contributed by atoms with E-state index in [1.54, 1.807) is 0 Å². The summed E-state index contributed by atoms with van der Waals surface area (Å²) in [5.41, 5.74) is 0.0281. The van der Waals surface area contributed by atoms with Gasteiger partial charge in [-0.1, -0.05) is 0 Å². The van der Waals surface area contributed by atoms with Gasteiger partial charge in [0.15, 0.2) is 0 Å². The summed E-state index contributed by atoms with van der Waals surface area (Å²) in [5, 5.41) is 9.21. The number of aliphatic carboxylic acids is 1. The first kappa shape index (κ1) is 16.2. The quantitative estimate of drug-likeness (QED) is 0.572. The second-order valence-corrected chi connectivity index (χ2v) is 12.7. The fourth-order valence-electron chi connectivity index (χ4n) is 2.09. The molecule has 0 radical (unpaired) electrons. The van der Waals surface area contributed by atoms with Gasteiger partial charge < -0.3 is 0 Å². The number of fused-ring (bicyclic) bond motifs is 1. The van der Waals surface area contributed by atoms with Gasteiger partial charge in [-0.05, 0) is 0 Å². The van der Waals surface area contributed by atoms with E-state index in [0.29, 0.717) is 0 Å². The molecule has 1 heterocycles. The van der Waals surface area contributed by atoms with Crippen LogP contribution in [0.3, 0.4) is 0 Å². The van der Waals surface area contributed by atoms with Crippen LogP contribution in [0.5, 0.6) is 0 Å². The van der Waals surface area contributed by atoms with E-state index in [1.807, 2.05) is 0 Å². The summed E-state index contributed by atoms with van der Waals surface area (Å²) in [6.07, 6.45) is 0. The minimum atomic E-state index is -5.78. The summed E-state index contributed by atoms with van der Waals surface area (Å²) in [5.74, 6) is -4.10. The third-order valence-electron chi connectivity index (χ3n) is 2.59. The van der Waals surface area contributed by atoms with E-state index < -0.39 is 46.6 Å². The number of hydrogen-bond donors (Lipinski definition) is 1. The SMILES string of the molecule is CC(=O)OI1(CC(=O)O)(OC(C)=O)OC(=O)c2ccccc21. The Bertz CT molecular complexity index is 642. The number of carbonyl (C=O) groups excluding carboxylic acids is 3. The van der Waals surface area contributed by atoms with Crippen LogP contribution in [0.2, 0.25) is 0 Å². The molecule has 1 N–H and O–H groups in total. The van der Waals surface area contributed by atoms with Gasteiger partial charge in [0.25, 0.3) is 0 Å². The van der Waals surface area contributed by atoms with E-state index in [0.717, 1.165) is 13.8 Å². The van der Waals surface area contributed by atoms with Gasteiger partial charge in [-0.3, -0.25) is 0 Å². The van der Waals surface area contributed by atoms with Crippen molar-refractivity contribution in [1.82, 2.24) is 0 Å². The van der Waals surface area contributed by atoms with Gasteiger partial charge in [0, 0.05) is 0 Å². The van der Waals surface area contributed by atoms with Crippen LogP contribution in [0.25, 0.3) is 0 Å². The van der Waals surface area contributed by atoms with Crippen LogP contribution < -0.4 is 0 Å². The average molecular weight is 424 g/mol. The molecule has 0 atom stereocenters. The van der Waals surface area contributed by atoms with Crippen molar-refractivity contribution in [3.63, 3.8) is 0 Å². The topological polar surface area (TPSA) is 116 Å². The van der Waals surface area contributed by atoms with Crippen molar-refractivity contribution in [1.29, 1.82) is 0 Å². The van der Waals surface area contributed by atoms with E-state index in [9.17, 15) is 24.3 Å². The summed E-state index contributed by atoms with van der Waals surface area (Å²) < 4.78 is 14.7. The summed E-state index contributed by atoms with van der Waals surface area (Å²) >= 11 is -5.78. The zero-order valence-corrected chi connectivity index (χ0v) is 13.9. The van der Waals surface area contributed by atoms with Gasteiger partial charge in [0.1, 0.15) is 0 Å². The molecule has 1 aliphatic heterocycles. The van der Waals surface area contributed by atoms with Crippen molar-refractivity contribution in [3.8, 4) is 0 Å².